The van der Waals surface area contributed by atoms with Gasteiger partial charge in [-0.2, -0.15) is 5.10 Å². The van der Waals surface area contributed by atoms with E-state index in [9.17, 15) is 9.59 Å². The van der Waals surface area contributed by atoms with Crippen LogP contribution in [0.2, 0.25) is 0 Å². The minimum atomic E-state index is -0.0803. The molecule has 1 N–H and O–H groups in total. The second-order valence-electron chi connectivity index (χ2n) is 12.2. The van der Waals surface area contributed by atoms with Crippen LogP contribution in [0.25, 0.3) is 0 Å². The average Bonchev–Trinajstić information content (AvgIpc) is 3.45. The number of nitrogens with one attached hydrogen (secondary N) is 1. The Morgan fingerprint density at radius 1 is 1.08 bits per heavy atom. The number of H-pyrrole nitrogens is 1. The van der Waals surface area contributed by atoms with E-state index in [1.807, 2.05) is 36.2 Å². The van der Waals surface area contributed by atoms with Gasteiger partial charge in [-0.05, 0) is 88.5 Å². The third kappa shape index (κ3) is 4.91. The topological polar surface area (TPSA) is 74.2 Å². The third-order valence-corrected chi connectivity index (χ3v) is 11.1. The normalized spacial score (nSPS) is 23.1. The summed E-state index contributed by atoms with van der Waals surface area (Å²) in [4.78, 5) is 36.3. The fraction of sp³-hybridized carbons (Fsp3) is 0.581. The van der Waals surface area contributed by atoms with Crippen molar-refractivity contribution in [1.82, 2.24) is 24.6 Å². The van der Waals surface area contributed by atoms with Gasteiger partial charge in [-0.25, -0.2) is 0 Å². The molecule has 3 aromatic rings. The number of carbonyl (C=O) groups is 1. The lowest BCUT2D eigenvalue weighted by Crippen LogP contribution is -2.53. The van der Waals surface area contributed by atoms with Crippen LogP contribution < -0.4 is 5.56 Å². The summed E-state index contributed by atoms with van der Waals surface area (Å²) >= 11 is 1.87. The Hall–Kier alpha value is -2.71. The van der Waals surface area contributed by atoms with Crippen LogP contribution in [0.4, 0.5) is 0 Å². The van der Waals surface area contributed by atoms with Crippen LogP contribution in [-0.2, 0) is 13.0 Å². The number of fused-ring (bicyclic) bond motifs is 1. The Morgan fingerprint density at radius 3 is 2.49 bits per heavy atom. The van der Waals surface area contributed by atoms with Crippen molar-refractivity contribution in [3.05, 3.63) is 72.1 Å². The first-order valence-electron chi connectivity index (χ1n) is 14.6. The van der Waals surface area contributed by atoms with E-state index in [2.05, 4.69) is 52.7 Å². The summed E-state index contributed by atoms with van der Waals surface area (Å²) in [5.41, 5.74) is 5.60. The van der Waals surface area contributed by atoms with Crippen molar-refractivity contribution in [3.8, 4) is 0 Å². The number of aromatic nitrogens is 3. The molecule has 3 aliphatic rings. The van der Waals surface area contributed by atoms with Crippen molar-refractivity contribution in [2.45, 2.75) is 91.3 Å². The highest BCUT2D eigenvalue weighted by Crippen LogP contribution is 2.44. The highest BCUT2D eigenvalue weighted by atomic mass is 32.1. The van der Waals surface area contributed by atoms with E-state index in [4.69, 9.17) is 0 Å². The molecule has 3 aromatic heterocycles. The van der Waals surface area contributed by atoms with E-state index in [0.717, 1.165) is 42.0 Å². The van der Waals surface area contributed by atoms with Crippen LogP contribution in [0.3, 0.4) is 0 Å². The molecule has 1 amide bonds. The van der Waals surface area contributed by atoms with Gasteiger partial charge in [0.1, 0.15) is 0 Å². The number of aryl methyl sites for hydroxylation is 3. The minimum absolute atomic E-state index is 0.0803. The third-order valence-electron chi connectivity index (χ3n) is 9.59. The van der Waals surface area contributed by atoms with Gasteiger partial charge < -0.3 is 9.88 Å². The van der Waals surface area contributed by atoms with Gasteiger partial charge in [0.15, 0.2) is 0 Å². The van der Waals surface area contributed by atoms with Crippen LogP contribution in [0.1, 0.15) is 92.8 Å². The Bertz CT molecular complexity index is 1440. The van der Waals surface area contributed by atoms with Gasteiger partial charge in [-0.3, -0.25) is 19.2 Å². The predicted octanol–water partition coefficient (Wildman–Crippen LogP) is 5.28. The maximum Gasteiger partial charge on any atom is 0.255 e. The molecule has 6 rings (SSSR count). The largest absolute Gasteiger partial charge is 0.334 e. The van der Waals surface area contributed by atoms with Crippen LogP contribution in [-0.4, -0.2) is 56.1 Å². The Labute approximate surface area is 235 Å². The second-order valence-corrected chi connectivity index (χ2v) is 13.3. The molecular formula is C31H41N5O2S. The first kappa shape index (κ1) is 26.5. The summed E-state index contributed by atoms with van der Waals surface area (Å²) in [6.07, 6.45) is 8.03. The summed E-state index contributed by atoms with van der Waals surface area (Å²) in [7, 11) is 0. The zero-order valence-corrected chi connectivity index (χ0v) is 24.7. The monoisotopic (exact) mass is 547 g/mol. The number of likely N-dealkylation sites (tertiary alicyclic amines) is 1. The number of pyridine rings is 1. The lowest BCUT2D eigenvalue weighted by atomic mass is 9.76. The lowest BCUT2D eigenvalue weighted by molar-refractivity contribution is 0.0269. The molecule has 2 aliphatic heterocycles. The molecule has 2 fully saturated rings. The van der Waals surface area contributed by atoms with Gasteiger partial charge in [-0.1, -0.05) is 6.92 Å². The number of amides is 1. The zero-order chi connectivity index (χ0) is 27.4. The number of rotatable bonds is 6. The first-order valence-corrected chi connectivity index (χ1v) is 15.4. The second kappa shape index (κ2) is 10.4. The maximum atomic E-state index is 13.6. The molecule has 5 heterocycles. The molecule has 39 heavy (non-hydrogen) atoms. The minimum Gasteiger partial charge on any atom is -0.334 e. The van der Waals surface area contributed by atoms with Crippen LogP contribution in [0.5, 0.6) is 0 Å². The van der Waals surface area contributed by atoms with Crippen molar-refractivity contribution in [2.75, 3.05) is 19.6 Å². The van der Waals surface area contributed by atoms with Crippen LogP contribution in [0.15, 0.2) is 23.1 Å². The molecule has 208 valence electrons. The van der Waals surface area contributed by atoms with Crippen molar-refractivity contribution in [1.29, 1.82) is 0 Å². The number of thiophene rings is 1. The molecule has 1 aliphatic carbocycles. The highest BCUT2D eigenvalue weighted by molar-refractivity contribution is 7.12. The summed E-state index contributed by atoms with van der Waals surface area (Å²) in [6, 6.07) is 5.31. The van der Waals surface area contributed by atoms with Gasteiger partial charge in [0.2, 0.25) is 0 Å². The Balaban J connectivity index is 1.09. The fourth-order valence-corrected chi connectivity index (χ4v) is 8.60. The molecule has 1 saturated carbocycles. The quantitative estimate of drug-likeness (QED) is 0.456. The molecular weight excluding hydrogens is 506 g/mol. The predicted molar refractivity (Wildman–Crippen MR) is 156 cm³/mol. The molecule has 1 atom stereocenters. The highest BCUT2D eigenvalue weighted by Gasteiger charge is 2.38. The summed E-state index contributed by atoms with van der Waals surface area (Å²) in [6.45, 7) is 13.7. The van der Waals surface area contributed by atoms with Crippen molar-refractivity contribution in [2.24, 2.45) is 5.92 Å². The van der Waals surface area contributed by atoms with Crippen molar-refractivity contribution >= 4 is 17.2 Å². The maximum absolute atomic E-state index is 13.6. The molecule has 0 aromatic carbocycles. The molecule has 0 radical (unpaired) electrons. The van der Waals surface area contributed by atoms with Crippen molar-refractivity contribution < 1.29 is 4.79 Å². The van der Waals surface area contributed by atoms with Gasteiger partial charge in [-0.15, -0.1) is 11.3 Å². The SMILES string of the molecule is Cc1ccn(C2CN([C@H]3CC[C@H]([C@@H](C)c4sc5c(c4C)C(=O)N(Cc4c(C)cc(C)[nH]c4=O)CC5)CC3)C2)n1. The molecule has 1 saturated heterocycles. The van der Waals surface area contributed by atoms with E-state index < -0.39 is 0 Å². The zero-order valence-electron chi connectivity index (χ0n) is 23.9. The Morgan fingerprint density at radius 2 is 1.82 bits per heavy atom. The number of aromatic amines is 1. The number of nitrogens with zero attached hydrogens (tertiary/aromatic N) is 4. The smallest absolute Gasteiger partial charge is 0.255 e. The Kier molecular flexibility index (Phi) is 7.04. The first-order chi connectivity index (χ1) is 18.7. The van der Waals surface area contributed by atoms with Gasteiger partial charge in [0.05, 0.1) is 23.8 Å². The summed E-state index contributed by atoms with van der Waals surface area (Å²) in [5.74, 6) is 1.23. The van der Waals surface area contributed by atoms with E-state index in [0.29, 0.717) is 42.6 Å². The van der Waals surface area contributed by atoms with E-state index in [1.165, 1.54) is 41.0 Å². The van der Waals surface area contributed by atoms with Gasteiger partial charge in [0.25, 0.3) is 11.5 Å². The fourth-order valence-electron chi connectivity index (χ4n) is 7.17. The van der Waals surface area contributed by atoms with Crippen LogP contribution in [0, 0.1) is 33.6 Å². The molecule has 0 bridgehead atoms. The lowest BCUT2D eigenvalue weighted by Gasteiger charge is -2.47. The molecule has 8 heteroatoms. The number of hydrogen-bond donors (Lipinski definition) is 1. The standard InChI is InChI=1S/C31H41N5O2S/c1-18-14-20(3)32-30(37)26(18)17-34-12-11-27-28(31(34)38)22(5)29(39-27)21(4)23-6-8-24(9-7-23)35-15-25(16-35)36-13-10-19(2)33-36/h10,13-14,21,23-25H,6-9,11-12,15-17H2,1-5H3,(H,32,37)/t21-,23-,24-/m1/s1. The molecule has 0 unspecified atom stereocenters. The summed E-state index contributed by atoms with van der Waals surface area (Å²) < 4.78 is 2.14. The molecule has 7 nitrogen and oxygen atoms in total. The van der Waals surface area contributed by atoms with E-state index in [1.54, 1.807) is 0 Å². The van der Waals surface area contributed by atoms with Gasteiger partial charge in [0, 0.05) is 59.3 Å². The summed E-state index contributed by atoms with van der Waals surface area (Å²) in [5, 5.41) is 4.61. The number of hydrogen-bond acceptors (Lipinski definition) is 5. The van der Waals surface area contributed by atoms with Crippen molar-refractivity contribution in [3.63, 3.8) is 0 Å². The van der Waals surface area contributed by atoms with Gasteiger partial charge >= 0.3 is 0 Å². The van der Waals surface area contributed by atoms with E-state index >= 15 is 0 Å². The van der Waals surface area contributed by atoms with Crippen LogP contribution >= 0.6 is 11.3 Å². The molecule has 0 spiro atoms. The average molecular weight is 548 g/mol. The number of carbonyl (C=O) groups excluding carboxylic acids is 1. The van der Waals surface area contributed by atoms with E-state index in [-0.39, 0.29) is 11.5 Å².